The Labute approximate surface area is 78.3 Å². The van der Waals surface area contributed by atoms with Crippen LogP contribution in [0, 0.1) is 0 Å². The van der Waals surface area contributed by atoms with Crippen LogP contribution in [0.5, 0.6) is 0 Å². The molecule has 0 aromatic rings. The highest BCUT2D eigenvalue weighted by molar-refractivity contribution is 7.91. The van der Waals surface area contributed by atoms with Gasteiger partial charge in [0.05, 0.1) is 11.5 Å². The number of hydrogen-bond acceptors (Lipinski definition) is 3. The van der Waals surface area contributed by atoms with Crippen molar-refractivity contribution in [1.29, 1.82) is 0 Å². The molecular weight excluding hydrogens is 190 g/mol. The van der Waals surface area contributed by atoms with Crippen LogP contribution in [-0.2, 0) is 9.84 Å². The van der Waals surface area contributed by atoms with E-state index in [1.807, 2.05) is 0 Å². The summed E-state index contributed by atoms with van der Waals surface area (Å²) in [5, 5.41) is 2.87. The van der Waals surface area contributed by atoms with Gasteiger partial charge in [-0.25, -0.2) is 8.42 Å². The average molecular weight is 205 g/mol. The number of hydrogen-bond donors (Lipinski definition) is 2. The van der Waals surface area contributed by atoms with Gasteiger partial charge >= 0.3 is 0 Å². The third-order valence-electron chi connectivity index (χ3n) is 2.06. The van der Waals surface area contributed by atoms with Crippen molar-refractivity contribution in [3.63, 3.8) is 0 Å². The summed E-state index contributed by atoms with van der Waals surface area (Å²) in [5.41, 5.74) is 5.44. The fourth-order valence-electron chi connectivity index (χ4n) is 1.41. The van der Waals surface area contributed by atoms with E-state index in [1.54, 1.807) is 7.05 Å². The lowest BCUT2D eigenvalue weighted by atomic mass is 10.2. The van der Waals surface area contributed by atoms with Gasteiger partial charge in [-0.1, -0.05) is 0 Å². The summed E-state index contributed by atoms with van der Waals surface area (Å²) in [6, 6.07) is -0.0672. The lowest BCUT2D eigenvalue weighted by Crippen LogP contribution is -2.46. The maximum Gasteiger partial charge on any atom is 0.188 e. The van der Waals surface area contributed by atoms with Crippen molar-refractivity contribution < 1.29 is 8.42 Å². The third-order valence-corrected chi connectivity index (χ3v) is 3.88. The van der Waals surface area contributed by atoms with E-state index < -0.39 is 9.84 Å². The average Bonchev–Trinajstić information content (AvgIpc) is 2.02. The molecule has 1 aliphatic heterocycles. The Morgan fingerprint density at radius 3 is 2.85 bits per heavy atom. The number of aliphatic imine (C=N–C) groups is 1. The van der Waals surface area contributed by atoms with E-state index in [1.165, 1.54) is 0 Å². The highest BCUT2D eigenvalue weighted by Crippen LogP contribution is 2.11. The van der Waals surface area contributed by atoms with Gasteiger partial charge in [0.25, 0.3) is 0 Å². The highest BCUT2D eigenvalue weighted by Gasteiger charge is 2.24. The standard InChI is InChI=1S/C7H15N3O2S/c1-9-7(8)10-6-3-2-4-13(11,12)5-6/h6H,2-5H2,1H3,(H3,8,9,10). The number of rotatable bonds is 1. The zero-order valence-corrected chi connectivity index (χ0v) is 8.47. The van der Waals surface area contributed by atoms with Crippen molar-refractivity contribution >= 4 is 15.8 Å². The Bertz CT molecular complexity index is 297. The molecule has 1 aliphatic rings. The molecule has 1 rings (SSSR count). The molecule has 0 aromatic carbocycles. The summed E-state index contributed by atoms with van der Waals surface area (Å²) in [7, 11) is -1.29. The maximum atomic E-state index is 11.2. The zero-order valence-electron chi connectivity index (χ0n) is 7.66. The summed E-state index contributed by atoms with van der Waals surface area (Å²) in [6.45, 7) is 0. The van der Waals surface area contributed by atoms with Crippen LogP contribution in [0.4, 0.5) is 0 Å². The second-order valence-corrected chi connectivity index (χ2v) is 5.44. The maximum absolute atomic E-state index is 11.2. The van der Waals surface area contributed by atoms with Gasteiger partial charge in [-0.15, -0.1) is 0 Å². The lowest BCUT2D eigenvalue weighted by molar-refractivity contribution is 0.530. The van der Waals surface area contributed by atoms with Crippen LogP contribution in [0.25, 0.3) is 0 Å². The molecule has 0 aromatic heterocycles. The largest absolute Gasteiger partial charge is 0.370 e. The van der Waals surface area contributed by atoms with Crippen molar-refractivity contribution in [2.24, 2.45) is 10.7 Å². The molecule has 13 heavy (non-hydrogen) atoms. The van der Waals surface area contributed by atoms with Crippen LogP contribution in [0.1, 0.15) is 12.8 Å². The first-order valence-corrected chi connectivity index (χ1v) is 6.05. The second kappa shape index (κ2) is 3.95. The summed E-state index contributed by atoms with van der Waals surface area (Å²) in [5.74, 6) is 0.777. The van der Waals surface area contributed by atoms with E-state index in [-0.39, 0.29) is 11.8 Å². The molecule has 0 spiro atoms. The van der Waals surface area contributed by atoms with Gasteiger partial charge in [0.2, 0.25) is 0 Å². The van der Waals surface area contributed by atoms with Crippen molar-refractivity contribution in [3.8, 4) is 0 Å². The summed E-state index contributed by atoms with van der Waals surface area (Å²) in [4.78, 5) is 3.72. The molecule has 0 radical (unpaired) electrons. The van der Waals surface area contributed by atoms with Crippen molar-refractivity contribution in [2.75, 3.05) is 18.6 Å². The smallest absolute Gasteiger partial charge is 0.188 e. The molecule has 1 unspecified atom stereocenters. The van der Waals surface area contributed by atoms with Gasteiger partial charge in [-0.2, -0.15) is 0 Å². The second-order valence-electron chi connectivity index (χ2n) is 3.21. The minimum atomic E-state index is -2.86. The monoisotopic (exact) mass is 205 g/mol. The van der Waals surface area contributed by atoms with Crippen LogP contribution >= 0.6 is 0 Å². The number of nitrogens with one attached hydrogen (secondary N) is 1. The van der Waals surface area contributed by atoms with Crippen LogP contribution in [0.2, 0.25) is 0 Å². The summed E-state index contributed by atoms with van der Waals surface area (Å²) >= 11 is 0. The lowest BCUT2D eigenvalue weighted by Gasteiger charge is -2.23. The first kappa shape index (κ1) is 10.3. The molecule has 1 heterocycles. The Balaban J connectivity index is 2.53. The van der Waals surface area contributed by atoms with Gasteiger partial charge in [0.15, 0.2) is 15.8 Å². The Morgan fingerprint density at radius 1 is 1.62 bits per heavy atom. The van der Waals surface area contributed by atoms with Crippen LogP contribution in [0.15, 0.2) is 4.99 Å². The highest BCUT2D eigenvalue weighted by atomic mass is 32.2. The van der Waals surface area contributed by atoms with E-state index in [9.17, 15) is 8.42 Å². The molecular formula is C7H15N3O2S. The molecule has 76 valence electrons. The zero-order chi connectivity index (χ0) is 9.90. The van der Waals surface area contributed by atoms with E-state index in [0.29, 0.717) is 18.1 Å². The van der Waals surface area contributed by atoms with Gasteiger partial charge in [-0.3, -0.25) is 4.99 Å². The Hall–Kier alpha value is -0.780. The molecule has 0 aliphatic carbocycles. The first-order chi connectivity index (χ1) is 6.03. The molecule has 5 nitrogen and oxygen atoms in total. The third kappa shape index (κ3) is 3.22. The predicted molar refractivity (Wildman–Crippen MR) is 52.4 cm³/mol. The summed E-state index contributed by atoms with van der Waals surface area (Å²) in [6.07, 6.45) is 1.55. The molecule has 1 fully saturated rings. The number of guanidine groups is 1. The van der Waals surface area contributed by atoms with Crippen LogP contribution < -0.4 is 11.1 Å². The fourth-order valence-corrected chi connectivity index (χ4v) is 3.05. The van der Waals surface area contributed by atoms with E-state index in [0.717, 1.165) is 6.42 Å². The number of nitrogens with two attached hydrogens (primary N) is 1. The molecule has 3 N–H and O–H groups in total. The molecule has 1 atom stereocenters. The van der Waals surface area contributed by atoms with E-state index >= 15 is 0 Å². The van der Waals surface area contributed by atoms with Gasteiger partial charge < -0.3 is 11.1 Å². The Morgan fingerprint density at radius 2 is 2.31 bits per heavy atom. The van der Waals surface area contributed by atoms with Gasteiger partial charge in [0.1, 0.15) is 0 Å². The normalized spacial score (nSPS) is 28.4. The number of nitrogens with zero attached hydrogens (tertiary/aromatic N) is 1. The summed E-state index contributed by atoms with van der Waals surface area (Å²) < 4.78 is 22.4. The minimum absolute atomic E-state index is 0.0672. The predicted octanol–water partition coefficient (Wildman–Crippen LogP) is -0.902. The molecule has 1 saturated heterocycles. The van der Waals surface area contributed by atoms with Crippen LogP contribution in [-0.4, -0.2) is 39.0 Å². The first-order valence-electron chi connectivity index (χ1n) is 4.23. The topological polar surface area (TPSA) is 84.5 Å². The molecule has 0 saturated carbocycles. The van der Waals surface area contributed by atoms with Gasteiger partial charge in [0, 0.05) is 13.1 Å². The molecule has 0 bridgehead atoms. The SMILES string of the molecule is CN=C(N)NC1CCCS(=O)(=O)C1. The quantitative estimate of drug-likeness (QED) is 0.429. The van der Waals surface area contributed by atoms with Crippen molar-refractivity contribution in [3.05, 3.63) is 0 Å². The number of sulfone groups is 1. The molecule has 6 heteroatoms. The Kier molecular flexibility index (Phi) is 3.13. The van der Waals surface area contributed by atoms with Crippen LogP contribution in [0.3, 0.4) is 0 Å². The fraction of sp³-hybridized carbons (Fsp3) is 0.857. The van der Waals surface area contributed by atoms with Gasteiger partial charge in [-0.05, 0) is 12.8 Å². The molecule has 0 amide bonds. The van der Waals surface area contributed by atoms with Crippen molar-refractivity contribution in [2.45, 2.75) is 18.9 Å². The van der Waals surface area contributed by atoms with Crippen molar-refractivity contribution in [1.82, 2.24) is 5.32 Å². The minimum Gasteiger partial charge on any atom is -0.370 e. The van der Waals surface area contributed by atoms with E-state index in [4.69, 9.17) is 5.73 Å². The van der Waals surface area contributed by atoms with E-state index in [2.05, 4.69) is 10.3 Å².